The summed E-state index contributed by atoms with van der Waals surface area (Å²) in [7, 11) is 0. The molecule has 0 bridgehead atoms. The van der Waals surface area contributed by atoms with Gasteiger partial charge in [0.25, 0.3) is 5.91 Å². The fourth-order valence-corrected chi connectivity index (χ4v) is 3.72. The van der Waals surface area contributed by atoms with E-state index in [1.54, 1.807) is 4.90 Å². The van der Waals surface area contributed by atoms with Gasteiger partial charge in [0.15, 0.2) is 0 Å². The standard InChI is InChI=1S/C17H19N3O3S/c1-10-4-3-5-12(8-10)15-14(19-11(2)24-15)16(21)20-7-6-13(20)9-18-17(22)23/h3-5,8,13,18H,6-7,9H2,1-2H3,(H,22,23). The van der Waals surface area contributed by atoms with E-state index in [4.69, 9.17) is 5.11 Å². The Hall–Kier alpha value is -2.41. The van der Waals surface area contributed by atoms with Gasteiger partial charge < -0.3 is 15.3 Å². The maximum absolute atomic E-state index is 12.9. The number of aryl methyl sites for hydroxylation is 2. The SMILES string of the molecule is Cc1cccc(-c2sc(C)nc2C(=O)N2CCC2CNC(=O)O)c1. The van der Waals surface area contributed by atoms with Crippen LogP contribution in [0.1, 0.15) is 27.5 Å². The van der Waals surface area contributed by atoms with E-state index < -0.39 is 6.09 Å². The fourth-order valence-electron chi connectivity index (χ4n) is 2.82. The number of aromatic nitrogens is 1. The summed E-state index contributed by atoms with van der Waals surface area (Å²) in [4.78, 5) is 30.5. The van der Waals surface area contributed by atoms with Crippen LogP contribution >= 0.6 is 11.3 Å². The predicted molar refractivity (Wildman–Crippen MR) is 92.5 cm³/mol. The van der Waals surface area contributed by atoms with Gasteiger partial charge in [-0.2, -0.15) is 0 Å². The third-order valence-electron chi connectivity index (χ3n) is 4.11. The summed E-state index contributed by atoms with van der Waals surface area (Å²) in [6.45, 7) is 4.79. The van der Waals surface area contributed by atoms with Gasteiger partial charge in [0.2, 0.25) is 0 Å². The van der Waals surface area contributed by atoms with E-state index >= 15 is 0 Å². The number of hydrogen-bond donors (Lipinski definition) is 2. The molecule has 0 saturated carbocycles. The van der Waals surface area contributed by atoms with Gasteiger partial charge in [-0.05, 0) is 25.8 Å². The number of hydrogen-bond acceptors (Lipinski definition) is 4. The first-order chi connectivity index (χ1) is 11.5. The minimum atomic E-state index is -1.07. The first-order valence-corrected chi connectivity index (χ1v) is 8.59. The molecular weight excluding hydrogens is 326 g/mol. The molecule has 1 atom stereocenters. The molecule has 0 spiro atoms. The Morgan fingerprint density at radius 3 is 2.83 bits per heavy atom. The molecule has 1 aliphatic heterocycles. The van der Waals surface area contributed by atoms with Gasteiger partial charge in [-0.1, -0.05) is 29.8 Å². The Balaban J connectivity index is 1.84. The number of nitrogens with one attached hydrogen (secondary N) is 1. The van der Waals surface area contributed by atoms with Crippen LogP contribution in [0, 0.1) is 13.8 Å². The van der Waals surface area contributed by atoms with E-state index in [0.717, 1.165) is 27.4 Å². The molecule has 3 rings (SSSR count). The maximum atomic E-state index is 12.9. The van der Waals surface area contributed by atoms with Crippen LogP contribution in [-0.4, -0.2) is 46.1 Å². The lowest BCUT2D eigenvalue weighted by Crippen LogP contribution is -2.56. The zero-order chi connectivity index (χ0) is 17.3. The first-order valence-electron chi connectivity index (χ1n) is 7.78. The Bertz CT molecular complexity index is 787. The third kappa shape index (κ3) is 3.26. The number of nitrogens with zero attached hydrogens (tertiary/aromatic N) is 2. The number of carbonyl (C=O) groups is 2. The van der Waals surface area contributed by atoms with Crippen molar-refractivity contribution in [3.05, 3.63) is 40.5 Å². The van der Waals surface area contributed by atoms with Crippen molar-refractivity contribution in [1.29, 1.82) is 0 Å². The number of rotatable bonds is 4. The van der Waals surface area contributed by atoms with Crippen LogP contribution in [0.15, 0.2) is 24.3 Å². The summed E-state index contributed by atoms with van der Waals surface area (Å²) >= 11 is 1.51. The van der Waals surface area contributed by atoms with Crippen molar-refractivity contribution >= 4 is 23.3 Å². The molecule has 1 aliphatic rings. The van der Waals surface area contributed by atoms with E-state index in [9.17, 15) is 9.59 Å². The van der Waals surface area contributed by atoms with Crippen LogP contribution in [0.5, 0.6) is 0 Å². The summed E-state index contributed by atoms with van der Waals surface area (Å²) in [5.74, 6) is -0.126. The highest BCUT2D eigenvalue weighted by Gasteiger charge is 2.35. The summed E-state index contributed by atoms with van der Waals surface area (Å²) in [6, 6.07) is 7.92. The number of likely N-dealkylation sites (tertiary alicyclic amines) is 1. The highest BCUT2D eigenvalue weighted by Crippen LogP contribution is 2.33. The number of carbonyl (C=O) groups excluding carboxylic acids is 1. The molecule has 1 unspecified atom stereocenters. The Kier molecular flexibility index (Phi) is 4.53. The minimum Gasteiger partial charge on any atom is -0.465 e. The van der Waals surface area contributed by atoms with Crippen molar-refractivity contribution in [1.82, 2.24) is 15.2 Å². The largest absolute Gasteiger partial charge is 0.465 e. The highest BCUT2D eigenvalue weighted by atomic mass is 32.1. The number of thiazole rings is 1. The maximum Gasteiger partial charge on any atom is 0.404 e. The molecule has 1 aromatic heterocycles. The van der Waals surface area contributed by atoms with E-state index in [1.807, 2.05) is 38.1 Å². The molecule has 0 aliphatic carbocycles. The van der Waals surface area contributed by atoms with Crippen LogP contribution in [0.4, 0.5) is 4.79 Å². The zero-order valence-electron chi connectivity index (χ0n) is 13.6. The average Bonchev–Trinajstić information content (AvgIpc) is 2.88. The molecule has 126 valence electrons. The number of amides is 2. The van der Waals surface area contributed by atoms with Crippen molar-refractivity contribution < 1.29 is 14.7 Å². The molecular formula is C17H19N3O3S. The normalized spacial score (nSPS) is 16.6. The van der Waals surface area contributed by atoms with Gasteiger partial charge in [-0.15, -0.1) is 11.3 Å². The lowest BCUT2D eigenvalue weighted by Gasteiger charge is -2.40. The molecule has 7 heteroatoms. The van der Waals surface area contributed by atoms with Gasteiger partial charge >= 0.3 is 6.09 Å². The molecule has 0 radical (unpaired) electrons. The highest BCUT2D eigenvalue weighted by molar-refractivity contribution is 7.15. The van der Waals surface area contributed by atoms with Crippen LogP contribution in [0.25, 0.3) is 10.4 Å². The molecule has 2 N–H and O–H groups in total. The van der Waals surface area contributed by atoms with E-state index in [-0.39, 0.29) is 18.5 Å². The van der Waals surface area contributed by atoms with E-state index in [2.05, 4.69) is 10.3 Å². The molecule has 2 aromatic rings. The molecule has 1 aromatic carbocycles. The second-order valence-corrected chi connectivity index (χ2v) is 7.11. The molecule has 2 amide bonds. The predicted octanol–water partition coefficient (Wildman–Crippen LogP) is 2.91. The zero-order valence-corrected chi connectivity index (χ0v) is 14.4. The van der Waals surface area contributed by atoms with Crippen LogP contribution in [-0.2, 0) is 0 Å². The number of benzene rings is 1. The fraction of sp³-hybridized carbons (Fsp3) is 0.353. The van der Waals surface area contributed by atoms with Gasteiger partial charge in [0, 0.05) is 13.1 Å². The van der Waals surface area contributed by atoms with Crippen LogP contribution in [0.2, 0.25) is 0 Å². The van der Waals surface area contributed by atoms with Gasteiger partial charge in [-0.3, -0.25) is 4.79 Å². The molecule has 6 nitrogen and oxygen atoms in total. The third-order valence-corrected chi connectivity index (χ3v) is 5.13. The lowest BCUT2D eigenvalue weighted by molar-refractivity contribution is 0.0458. The summed E-state index contributed by atoms with van der Waals surface area (Å²) in [6.07, 6.45) is -0.270. The average molecular weight is 345 g/mol. The van der Waals surface area contributed by atoms with Crippen molar-refractivity contribution in [2.75, 3.05) is 13.1 Å². The van der Waals surface area contributed by atoms with Crippen molar-refractivity contribution in [3.63, 3.8) is 0 Å². The summed E-state index contributed by atoms with van der Waals surface area (Å²) < 4.78 is 0. The van der Waals surface area contributed by atoms with Crippen LogP contribution < -0.4 is 5.32 Å². The molecule has 1 fully saturated rings. The van der Waals surface area contributed by atoms with Crippen molar-refractivity contribution in [2.45, 2.75) is 26.3 Å². The Labute approximate surface area is 144 Å². The minimum absolute atomic E-state index is 0.0963. The smallest absolute Gasteiger partial charge is 0.404 e. The Morgan fingerprint density at radius 2 is 2.21 bits per heavy atom. The van der Waals surface area contributed by atoms with Gasteiger partial charge in [0.1, 0.15) is 5.69 Å². The lowest BCUT2D eigenvalue weighted by atomic mass is 10.0. The first kappa shape index (κ1) is 16.4. The van der Waals surface area contributed by atoms with Crippen LogP contribution in [0.3, 0.4) is 0 Å². The number of carboxylic acid groups (broad SMARTS) is 1. The second-order valence-electron chi connectivity index (χ2n) is 5.91. The van der Waals surface area contributed by atoms with Gasteiger partial charge in [-0.25, -0.2) is 9.78 Å². The summed E-state index contributed by atoms with van der Waals surface area (Å²) in [5.41, 5.74) is 2.58. The van der Waals surface area contributed by atoms with Gasteiger partial charge in [0.05, 0.1) is 15.9 Å². The topological polar surface area (TPSA) is 82.5 Å². The van der Waals surface area contributed by atoms with Crippen molar-refractivity contribution in [3.8, 4) is 10.4 Å². The quantitative estimate of drug-likeness (QED) is 0.892. The molecule has 24 heavy (non-hydrogen) atoms. The van der Waals surface area contributed by atoms with Crippen molar-refractivity contribution in [2.24, 2.45) is 0 Å². The van der Waals surface area contributed by atoms with E-state index in [1.165, 1.54) is 11.3 Å². The van der Waals surface area contributed by atoms with E-state index in [0.29, 0.717) is 12.2 Å². The monoisotopic (exact) mass is 345 g/mol. The molecule has 1 saturated heterocycles. The second kappa shape index (κ2) is 6.60. The molecule has 2 heterocycles. The summed E-state index contributed by atoms with van der Waals surface area (Å²) in [5, 5.41) is 11.9. The Morgan fingerprint density at radius 1 is 1.42 bits per heavy atom.